The predicted octanol–water partition coefficient (Wildman–Crippen LogP) is 13.9. The van der Waals surface area contributed by atoms with Gasteiger partial charge in [-0.15, -0.1) is 0 Å². The fraction of sp³-hybridized carbons (Fsp3) is 0.167. The number of fused-ring (bicyclic) bond motifs is 20. The first-order chi connectivity index (χ1) is 47.0. The van der Waals surface area contributed by atoms with E-state index in [-0.39, 0.29) is 43.5 Å². The van der Waals surface area contributed by atoms with Crippen molar-refractivity contribution in [1.82, 2.24) is 39.9 Å². The molecule has 3 aromatic heterocycles. The molecule has 13 rings (SSSR count). The van der Waals surface area contributed by atoms with Crippen LogP contribution in [0.1, 0.15) is 41.4 Å². The van der Waals surface area contributed by atoms with E-state index < -0.39 is 23.9 Å². The number of esters is 4. The van der Waals surface area contributed by atoms with E-state index >= 15 is 0 Å². The zero-order valence-electron chi connectivity index (χ0n) is 52.2. The molecule has 0 saturated carbocycles. The monoisotopic (exact) mass is 1420 g/mol. The number of ether oxygens (including phenoxy) is 8. The quantitative estimate of drug-likeness (QED) is 0.0236. The Morgan fingerprint density at radius 3 is 1.04 bits per heavy atom. The van der Waals surface area contributed by atoms with Crippen LogP contribution in [-0.4, -0.2) is 135 Å². The molecule has 0 N–H and O–H groups in total. The van der Waals surface area contributed by atoms with E-state index in [9.17, 15) is 19.2 Å². The summed E-state index contributed by atoms with van der Waals surface area (Å²) in [6, 6.07) is 52.2. The van der Waals surface area contributed by atoms with Gasteiger partial charge in [-0.1, -0.05) is 95.6 Å². The van der Waals surface area contributed by atoms with Crippen molar-refractivity contribution in [1.29, 1.82) is 0 Å². The number of hydrogen-bond donors (Lipinski definition) is 0. The maximum atomic E-state index is 13.1. The van der Waals surface area contributed by atoms with Crippen LogP contribution in [0.15, 0.2) is 209 Å². The smallest absolute Gasteiger partial charge is 0.465 e. The summed E-state index contributed by atoms with van der Waals surface area (Å²) in [6.45, 7) is 2.33. The zero-order chi connectivity index (χ0) is 66.1. The Morgan fingerprint density at radius 2 is 0.660 bits per heavy atom. The molecule has 0 amide bonds. The second kappa shape index (κ2) is 31.3. The molecule has 0 spiro atoms. The van der Waals surface area contributed by atoms with E-state index in [0.29, 0.717) is 138 Å². The van der Waals surface area contributed by atoms with Gasteiger partial charge in [-0.2, -0.15) is 0 Å². The van der Waals surface area contributed by atoms with Gasteiger partial charge in [0.25, 0.3) is 0 Å². The summed E-state index contributed by atoms with van der Waals surface area (Å²) in [5, 5.41) is 2.71. The van der Waals surface area contributed by atoms with E-state index in [2.05, 4.69) is 0 Å². The SMILES string of the molecule is COCCOCCOC(=O)c1ccc(Sc2cccc3c4nc5nc(nc6[n-]c(nc7nc(nc([n-]4)c23)-c2cccc(Sc3ccc(C(=O)OC)cc3)c2-7)c2cccc(Sc3ccc(C(=O)OCCOCCOC)cc3)c62)-c2c(Sc3ccc(C(=O)OC)cc3)cccc2-5)cc1.[Cu+2]. The van der Waals surface area contributed by atoms with Gasteiger partial charge in [-0.05, 0) is 132 Å². The fourth-order valence-electron chi connectivity index (χ4n) is 10.5. The van der Waals surface area contributed by atoms with Crippen LogP contribution in [0.2, 0.25) is 0 Å². The first kappa shape index (κ1) is 67.7. The average molecular weight is 1420 g/mol. The number of aromatic nitrogens is 8. The molecule has 0 unspecified atom stereocenters. The standard InChI is InChI=1S/C72H56N8O12S4.Cu/c1-85-33-35-89-37-39-91-71(83)43-21-29-47(30-22-43)95-53-13-5-9-49-57(53)65-74-61(49)73-62-50-10-6-15-55(94-46-27-19-42(20-28-46)70(82)88-4)59(50)67(75-62)80-68-60-52(12-8-16-56(60)96-48-31-23-44(24-32-48)72(84)92-40-38-90-36-34-86-2)64(79-68)78-66-58-51(63(76-65)77-66)11-7-14-54(58)93-45-25-17-41(18-26-45)69(81)87-3;/h5-32H,33-40H2,1-4H3;/q-2;+2. The van der Waals surface area contributed by atoms with Gasteiger partial charge in [-0.25, -0.2) is 29.1 Å². The molecule has 25 heteroatoms. The van der Waals surface area contributed by atoms with Crippen LogP contribution in [0.25, 0.3) is 89.7 Å². The van der Waals surface area contributed by atoms with Crippen molar-refractivity contribution < 1.29 is 74.1 Å². The third-order valence-electron chi connectivity index (χ3n) is 15.1. The topological polar surface area (TPSA) is 248 Å². The Labute approximate surface area is 583 Å². The third-order valence-corrected chi connectivity index (χ3v) is 19.4. The number of carbonyl (C=O) groups is 4. The molecule has 1 radical (unpaired) electrons. The fourth-order valence-corrected chi connectivity index (χ4v) is 14.4. The molecule has 491 valence electrons. The second-order valence-corrected chi connectivity index (χ2v) is 25.6. The van der Waals surface area contributed by atoms with E-state index in [1.807, 2.05) is 121 Å². The Hall–Kier alpha value is -9.24. The molecule has 8 bridgehead atoms. The largest absolute Gasteiger partial charge is 2.00 e. The molecule has 2 aliphatic rings. The Kier molecular flexibility index (Phi) is 21.9. The van der Waals surface area contributed by atoms with Crippen molar-refractivity contribution in [2.75, 3.05) is 81.3 Å². The van der Waals surface area contributed by atoms with E-state index in [0.717, 1.165) is 39.2 Å². The van der Waals surface area contributed by atoms with Gasteiger partial charge < -0.3 is 67.8 Å². The summed E-state index contributed by atoms with van der Waals surface area (Å²) in [6.07, 6.45) is 0. The first-order valence-electron chi connectivity index (χ1n) is 30.0. The molecule has 0 fully saturated rings. The van der Waals surface area contributed by atoms with Gasteiger partial charge in [0, 0.05) is 109 Å². The Balaban J connectivity index is 0.00000897. The number of carbonyl (C=O) groups excluding carboxylic acids is 4. The van der Waals surface area contributed by atoms with Gasteiger partial charge in [0.15, 0.2) is 0 Å². The molecule has 11 aromatic rings. The van der Waals surface area contributed by atoms with E-state index in [1.165, 1.54) is 61.3 Å². The van der Waals surface area contributed by atoms with Gasteiger partial charge in [0.2, 0.25) is 0 Å². The molecule has 0 aliphatic carbocycles. The molecule has 8 aromatic carbocycles. The van der Waals surface area contributed by atoms with Crippen LogP contribution in [0, 0.1) is 0 Å². The maximum absolute atomic E-state index is 13.1. The van der Waals surface area contributed by atoms with Crippen molar-refractivity contribution in [3.63, 3.8) is 0 Å². The number of benzene rings is 8. The molecular formula is C72H56CuN8O12S4. The third kappa shape index (κ3) is 15.2. The predicted molar refractivity (Wildman–Crippen MR) is 365 cm³/mol. The summed E-state index contributed by atoms with van der Waals surface area (Å²) in [7, 11) is 5.88. The van der Waals surface area contributed by atoms with Crippen molar-refractivity contribution in [3.8, 4) is 45.6 Å². The molecule has 5 heterocycles. The number of nitrogens with zero attached hydrogens (tertiary/aromatic N) is 8. The van der Waals surface area contributed by atoms with Crippen LogP contribution in [-0.2, 0) is 55.0 Å². The first-order valence-corrected chi connectivity index (χ1v) is 33.3. The minimum absolute atomic E-state index is 0. The van der Waals surface area contributed by atoms with Gasteiger partial charge in [-0.3, -0.25) is 0 Å². The molecule has 0 atom stereocenters. The minimum Gasteiger partial charge on any atom is -0.465 e. The van der Waals surface area contributed by atoms with Crippen LogP contribution < -0.4 is 9.97 Å². The second-order valence-electron chi connectivity index (χ2n) is 21.2. The summed E-state index contributed by atoms with van der Waals surface area (Å²) < 4.78 is 42.0. The van der Waals surface area contributed by atoms with E-state index in [4.69, 9.17) is 77.8 Å². The summed E-state index contributed by atoms with van der Waals surface area (Å²) >= 11 is 5.87. The maximum Gasteiger partial charge on any atom is 2.00 e. The summed E-state index contributed by atoms with van der Waals surface area (Å²) in [5.74, 6) is -0.546. The Morgan fingerprint density at radius 1 is 0.340 bits per heavy atom. The molecule has 0 saturated heterocycles. The average Bonchev–Trinajstić information content (AvgIpc) is 1.60. The van der Waals surface area contributed by atoms with Gasteiger partial charge in [0.1, 0.15) is 13.2 Å². The molecule has 20 nitrogen and oxygen atoms in total. The van der Waals surface area contributed by atoms with Crippen LogP contribution >= 0.6 is 47.0 Å². The van der Waals surface area contributed by atoms with Crippen molar-refractivity contribution in [3.05, 3.63) is 192 Å². The number of hydrogen-bond acceptors (Lipinski definition) is 22. The number of rotatable bonds is 24. The number of methoxy groups -OCH3 is 4. The minimum atomic E-state index is -0.477. The van der Waals surface area contributed by atoms with E-state index in [1.54, 1.807) is 62.8 Å². The summed E-state index contributed by atoms with van der Waals surface area (Å²) in [4.78, 5) is 101. The molecule has 97 heavy (non-hydrogen) atoms. The van der Waals surface area contributed by atoms with Crippen LogP contribution in [0.4, 0.5) is 0 Å². The van der Waals surface area contributed by atoms with Crippen molar-refractivity contribution in [2.24, 2.45) is 0 Å². The molecular weight excluding hydrogens is 1360 g/mol. The van der Waals surface area contributed by atoms with Crippen LogP contribution in [0.5, 0.6) is 0 Å². The van der Waals surface area contributed by atoms with Crippen LogP contribution in [0.3, 0.4) is 0 Å². The molecule has 2 aliphatic heterocycles. The van der Waals surface area contributed by atoms with Gasteiger partial charge in [0.05, 0.1) is 99.4 Å². The normalized spacial score (nSPS) is 11.4. The van der Waals surface area contributed by atoms with Gasteiger partial charge >= 0.3 is 40.9 Å². The van der Waals surface area contributed by atoms with Crippen molar-refractivity contribution >= 4 is 115 Å². The zero-order valence-corrected chi connectivity index (χ0v) is 56.4. The Bertz CT molecular complexity index is 4950. The van der Waals surface area contributed by atoms with Crippen molar-refractivity contribution in [2.45, 2.75) is 39.2 Å². The summed E-state index contributed by atoms with van der Waals surface area (Å²) in [5.41, 5.74) is 5.60.